The quantitative estimate of drug-likeness (QED) is 0.604. The molecule has 0 atom stereocenters. The number of carbonyl (C=O) groups is 2. The molecule has 106 valence electrons. The second kappa shape index (κ2) is 7.09. The third kappa shape index (κ3) is 3.92. The average Bonchev–Trinajstić information content (AvgIpc) is 2.65. The predicted octanol–water partition coefficient (Wildman–Crippen LogP) is 1.81. The Morgan fingerprint density at radius 1 is 1.42 bits per heavy atom. The van der Waals surface area contributed by atoms with Crippen LogP contribution in [0.15, 0.2) is 0 Å². The Labute approximate surface area is 113 Å². The van der Waals surface area contributed by atoms with Crippen molar-refractivity contribution in [2.24, 2.45) is 0 Å². The van der Waals surface area contributed by atoms with Crippen LogP contribution in [0, 0.1) is 6.92 Å². The normalized spacial score (nSPS) is 10.8. The standard InChI is InChI=1S/C14H22N2O3/c1-5-19-14(18)13-10(2)15-12(9-17)11(13)7-6-8-16(3)4/h9,15H,5-8H2,1-4H3. The summed E-state index contributed by atoms with van der Waals surface area (Å²) in [6.07, 6.45) is 2.34. The van der Waals surface area contributed by atoms with Gasteiger partial charge < -0.3 is 14.6 Å². The highest BCUT2D eigenvalue weighted by molar-refractivity contribution is 5.95. The predicted molar refractivity (Wildman–Crippen MR) is 73.7 cm³/mol. The van der Waals surface area contributed by atoms with Gasteiger partial charge in [0.05, 0.1) is 17.9 Å². The number of rotatable bonds is 7. The number of carbonyl (C=O) groups excluding carboxylic acids is 2. The van der Waals surface area contributed by atoms with Crippen LogP contribution in [-0.2, 0) is 11.2 Å². The van der Waals surface area contributed by atoms with Gasteiger partial charge in [-0.25, -0.2) is 4.79 Å². The van der Waals surface area contributed by atoms with E-state index in [1.807, 2.05) is 14.1 Å². The Balaban J connectivity index is 2.97. The molecule has 5 nitrogen and oxygen atoms in total. The molecular weight excluding hydrogens is 244 g/mol. The van der Waals surface area contributed by atoms with Crippen LogP contribution in [0.3, 0.4) is 0 Å². The number of nitrogens with one attached hydrogen (secondary N) is 1. The summed E-state index contributed by atoms with van der Waals surface area (Å²) in [5, 5.41) is 0. The molecule has 0 fully saturated rings. The number of H-pyrrole nitrogens is 1. The van der Waals surface area contributed by atoms with Gasteiger partial charge in [0.15, 0.2) is 6.29 Å². The molecule has 19 heavy (non-hydrogen) atoms. The molecule has 0 aliphatic rings. The second-order valence-electron chi connectivity index (χ2n) is 4.76. The first-order valence-electron chi connectivity index (χ1n) is 6.49. The van der Waals surface area contributed by atoms with Crippen molar-refractivity contribution in [2.75, 3.05) is 27.2 Å². The molecule has 0 aromatic carbocycles. The first-order chi connectivity index (χ1) is 9.01. The van der Waals surface area contributed by atoms with Gasteiger partial charge >= 0.3 is 5.97 Å². The van der Waals surface area contributed by atoms with E-state index < -0.39 is 0 Å². The summed E-state index contributed by atoms with van der Waals surface area (Å²) in [6, 6.07) is 0. The van der Waals surface area contributed by atoms with Crippen LogP contribution in [0.5, 0.6) is 0 Å². The van der Waals surface area contributed by atoms with E-state index in [2.05, 4.69) is 9.88 Å². The molecule has 0 spiro atoms. The third-order valence-electron chi connectivity index (χ3n) is 2.95. The van der Waals surface area contributed by atoms with Crippen molar-refractivity contribution < 1.29 is 14.3 Å². The highest BCUT2D eigenvalue weighted by Crippen LogP contribution is 2.20. The van der Waals surface area contributed by atoms with E-state index in [-0.39, 0.29) is 5.97 Å². The topological polar surface area (TPSA) is 62.4 Å². The minimum atomic E-state index is -0.357. The summed E-state index contributed by atoms with van der Waals surface area (Å²) >= 11 is 0. The van der Waals surface area contributed by atoms with Gasteiger partial charge in [-0.05, 0) is 52.9 Å². The van der Waals surface area contributed by atoms with Crippen LogP contribution >= 0.6 is 0 Å². The second-order valence-corrected chi connectivity index (χ2v) is 4.76. The summed E-state index contributed by atoms with van der Waals surface area (Å²) in [7, 11) is 3.99. The Morgan fingerprint density at radius 2 is 2.11 bits per heavy atom. The van der Waals surface area contributed by atoms with E-state index in [9.17, 15) is 9.59 Å². The van der Waals surface area contributed by atoms with E-state index in [0.29, 0.717) is 30.0 Å². The third-order valence-corrected chi connectivity index (χ3v) is 2.95. The van der Waals surface area contributed by atoms with Crippen LogP contribution in [-0.4, -0.2) is 49.4 Å². The molecule has 0 aliphatic heterocycles. The molecular formula is C14H22N2O3. The molecule has 0 bridgehead atoms. The van der Waals surface area contributed by atoms with E-state index in [1.165, 1.54) is 0 Å². The largest absolute Gasteiger partial charge is 0.462 e. The summed E-state index contributed by atoms with van der Waals surface area (Å²) in [5.74, 6) is -0.357. The zero-order chi connectivity index (χ0) is 14.4. The minimum Gasteiger partial charge on any atom is -0.462 e. The van der Waals surface area contributed by atoms with Crippen molar-refractivity contribution >= 4 is 12.3 Å². The molecule has 0 unspecified atom stereocenters. The van der Waals surface area contributed by atoms with Crippen LogP contribution in [0.4, 0.5) is 0 Å². The summed E-state index contributed by atoms with van der Waals surface area (Å²) in [4.78, 5) is 28.1. The summed E-state index contributed by atoms with van der Waals surface area (Å²) in [6.45, 7) is 4.79. The Hall–Kier alpha value is -1.62. The number of aromatic nitrogens is 1. The lowest BCUT2D eigenvalue weighted by atomic mass is 10.0. The first-order valence-corrected chi connectivity index (χ1v) is 6.49. The monoisotopic (exact) mass is 266 g/mol. The van der Waals surface area contributed by atoms with Gasteiger partial charge in [-0.1, -0.05) is 0 Å². The van der Waals surface area contributed by atoms with Crippen LogP contribution < -0.4 is 0 Å². The Bertz CT molecular complexity index is 450. The fraction of sp³-hybridized carbons (Fsp3) is 0.571. The van der Waals surface area contributed by atoms with Gasteiger partial charge in [-0.15, -0.1) is 0 Å². The highest BCUT2D eigenvalue weighted by atomic mass is 16.5. The van der Waals surface area contributed by atoms with Crippen molar-refractivity contribution in [2.45, 2.75) is 26.7 Å². The maximum atomic E-state index is 11.9. The molecule has 1 N–H and O–H groups in total. The highest BCUT2D eigenvalue weighted by Gasteiger charge is 2.21. The van der Waals surface area contributed by atoms with Gasteiger partial charge in [0.25, 0.3) is 0 Å². The SMILES string of the molecule is CCOC(=O)c1c(C)[nH]c(C=O)c1CCCN(C)C. The lowest BCUT2D eigenvalue weighted by molar-refractivity contribution is 0.0524. The van der Waals surface area contributed by atoms with E-state index >= 15 is 0 Å². The van der Waals surface area contributed by atoms with E-state index in [4.69, 9.17) is 4.74 Å². The number of aryl methyl sites for hydroxylation is 1. The Morgan fingerprint density at radius 3 is 2.63 bits per heavy atom. The average molecular weight is 266 g/mol. The fourth-order valence-corrected chi connectivity index (χ4v) is 2.11. The van der Waals surface area contributed by atoms with Gasteiger partial charge in [-0.3, -0.25) is 4.79 Å². The number of ether oxygens (including phenoxy) is 1. The molecule has 1 aromatic rings. The van der Waals surface area contributed by atoms with E-state index in [0.717, 1.165) is 24.8 Å². The summed E-state index contributed by atoms with van der Waals surface area (Å²) in [5.41, 5.74) is 2.47. The minimum absolute atomic E-state index is 0.330. The van der Waals surface area contributed by atoms with Crippen LogP contribution in [0.2, 0.25) is 0 Å². The molecule has 0 radical (unpaired) electrons. The molecule has 1 heterocycles. The number of hydrogen-bond acceptors (Lipinski definition) is 4. The number of nitrogens with zero attached hydrogens (tertiary/aromatic N) is 1. The first kappa shape index (κ1) is 15.4. The number of hydrogen-bond donors (Lipinski definition) is 1. The lowest BCUT2D eigenvalue weighted by Crippen LogP contribution is -2.15. The molecule has 0 amide bonds. The fourth-order valence-electron chi connectivity index (χ4n) is 2.11. The lowest BCUT2D eigenvalue weighted by Gasteiger charge is -2.10. The zero-order valence-corrected chi connectivity index (χ0v) is 12.1. The van der Waals surface area contributed by atoms with Crippen molar-refractivity contribution in [1.29, 1.82) is 0 Å². The van der Waals surface area contributed by atoms with E-state index in [1.54, 1.807) is 13.8 Å². The maximum absolute atomic E-state index is 11.9. The van der Waals surface area contributed by atoms with Crippen molar-refractivity contribution in [3.05, 3.63) is 22.5 Å². The van der Waals surface area contributed by atoms with Gasteiger partial charge in [0.1, 0.15) is 0 Å². The number of esters is 1. The smallest absolute Gasteiger partial charge is 0.340 e. The van der Waals surface area contributed by atoms with Gasteiger partial charge in [0, 0.05) is 5.69 Å². The zero-order valence-electron chi connectivity index (χ0n) is 12.1. The number of aldehydes is 1. The van der Waals surface area contributed by atoms with Crippen molar-refractivity contribution in [3.8, 4) is 0 Å². The molecule has 1 aromatic heterocycles. The van der Waals surface area contributed by atoms with Gasteiger partial charge in [-0.2, -0.15) is 0 Å². The van der Waals surface area contributed by atoms with Crippen molar-refractivity contribution in [1.82, 2.24) is 9.88 Å². The van der Waals surface area contributed by atoms with Crippen LogP contribution in [0.25, 0.3) is 0 Å². The Kier molecular flexibility index (Phi) is 5.76. The maximum Gasteiger partial charge on any atom is 0.340 e. The van der Waals surface area contributed by atoms with Crippen molar-refractivity contribution in [3.63, 3.8) is 0 Å². The summed E-state index contributed by atoms with van der Waals surface area (Å²) < 4.78 is 5.05. The van der Waals surface area contributed by atoms with Crippen LogP contribution in [0.1, 0.15) is 45.4 Å². The molecule has 0 saturated carbocycles. The molecule has 1 rings (SSSR count). The van der Waals surface area contributed by atoms with Gasteiger partial charge in [0.2, 0.25) is 0 Å². The molecule has 0 saturated heterocycles. The number of aromatic amines is 1. The molecule has 0 aliphatic carbocycles. The molecule has 5 heteroatoms.